The van der Waals surface area contributed by atoms with Gasteiger partial charge in [0.05, 0.1) is 5.92 Å². The topological polar surface area (TPSA) is 57.6 Å². The van der Waals surface area contributed by atoms with Crippen molar-refractivity contribution in [2.24, 2.45) is 11.8 Å². The van der Waals surface area contributed by atoms with Crippen LogP contribution in [0.1, 0.15) is 31.2 Å². The molecule has 1 aliphatic carbocycles. The molecule has 1 N–H and O–H groups in total. The highest BCUT2D eigenvalue weighted by molar-refractivity contribution is 5.84. The quantitative estimate of drug-likeness (QED) is 0.932. The van der Waals surface area contributed by atoms with Crippen LogP contribution in [-0.4, -0.2) is 34.5 Å². The molecule has 6 heteroatoms. The van der Waals surface area contributed by atoms with Gasteiger partial charge < -0.3 is 10.0 Å². The smallest absolute Gasteiger partial charge is 0.308 e. The van der Waals surface area contributed by atoms with Gasteiger partial charge >= 0.3 is 5.97 Å². The molecule has 3 rings (SSSR count). The van der Waals surface area contributed by atoms with E-state index in [2.05, 4.69) is 0 Å². The van der Waals surface area contributed by atoms with Gasteiger partial charge in [-0.2, -0.15) is 0 Å². The highest BCUT2D eigenvalue weighted by atomic mass is 19.2. The molecule has 1 aliphatic heterocycles. The van der Waals surface area contributed by atoms with Gasteiger partial charge in [-0.15, -0.1) is 0 Å². The third-order valence-corrected chi connectivity index (χ3v) is 4.83. The molecule has 118 valence electrons. The molecule has 0 bridgehead atoms. The Hall–Kier alpha value is -1.98. The van der Waals surface area contributed by atoms with Crippen molar-refractivity contribution >= 4 is 11.9 Å². The maximum atomic E-state index is 13.3. The fourth-order valence-electron chi connectivity index (χ4n) is 3.37. The molecule has 1 aromatic carbocycles. The van der Waals surface area contributed by atoms with Crippen molar-refractivity contribution in [3.63, 3.8) is 0 Å². The fourth-order valence-corrected chi connectivity index (χ4v) is 3.37. The van der Waals surface area contributed by atoms with Crippen LogP contribution in [0.25, 0.3) is 0 Å². The Bertz CT molecular complexity index is 634. The first-order valence-corrected chi connectivity index (χ1v) is 7.38. The molecular formula is C16H17F2NO3. The minimum absolute atomic E-state index is 0.0778. The second kappa shape index (κ2) is 5.34. The number of carbonyl (C=O) groups excluding carboxylic acids is 1. The maximum absolute atomic E-state index is 13.3. The van der Waals surface area contributed by atoms with E-state index in [0.717, 1.165) is 12.1 Å². The predicted octanol–water partition coefficient (Wildman–Crippen LogP) is 2.39. The van der Waals surface area contributed by atoms with Gasteiger partial charge in [0.1, 0.15) is 0 Å². The minimum Gasteiger partial charge on any atom is -0.481 e. The highest BCUT2D eigenvalue weighted by Crippen LogP contribution is 2.49. The second-order valence-electron chi connectivity index (χ2n) is 6.13. The summed E-state index contributed by atoms with van der Waals surface area (Å²) in [5, 5.41) is 9.11. The van der Waals surface area contributed by atoms with E-state index in [1.807, 2.05) is 0 Å². The number of carbonyl (C=O) groups is 2. The molecule has 0 radical (unpaired) electrons. The predicted molar refractivity (Wildman–Crippen MR) is 74.1 cm³/mol. The lowest BCUT2D eigenvalue weighted by atomic mass is 10.0. The van der Waals surface area contributed by atoms with Crippen LogP contribution < -0.4 is 0 Å². The van der Waals surface area contributed by atoms with Crippen molar-refractivity contribution in [3.8, 4) is 0 Å². The summed E-state index contributed by atoms with van der Waals surface area (Å²) in [6.07, 6.45) is 1.07. The largest absolute Gasteiger partial charge is 0.481 e. The summed E-state index contributed by atoms with van der Waals surface area (Å²) < 4.78 is 26.2. The lowest BCUT2D eigenvalue weighted by Crippen LogP contribution is -2.38. The standard InChI is InChI=1S/C16H17F2NO3/c1-8-10(16(21)22)4-5-19(8)15(20)12-7-11(12)9-2-3-13(17)14(18)6-9/h2-3,6,8,10-12H,4-5,7H2,1H3,(H,21,22). The van der Waals surface area contributed by atoms with E-state index < -0.39 is 23.5 Å². The van der Waals surface area contributed by atoms with E-state index >= 15 is 0 Å². The van der Waals surface area contributed by atoms with E-state index in [0.29, 0.717) is 24.9 Å². The normalized spacial score (nSPS) is 30.4. The summed E-state index contributed by atoms with van der Waals surface area (Å²) in [6, 6.07) is 3.39. The van der Waals surface area contributed by atoms with Crippen LogP contribution in [0.3, 0.4) is 0 Å². The van der Waals surface area contributed by atoms with Crippen molar-refractivity contribution in [1.29, 1.82) is 0 Å². The molecule has 1 saturated carbocycles. The van der Waals surface area contributed by atoms with Gasteiger partial charge in [0, 0.05) is 18.5 Å². The molecular weight excluding hydrogens is 292 g/mol. The van der Waals surface area contributed by atoms with E-state index in [-0.39, 0.29) is 23.8 Å². The molecule has 22 heavy (non-hydrogen) atoms. The zero-order chi connectivity index (χ0) is 16.0. The Kier molecular flexibility index (Phi) is 3.62. The van der Waals surface area contributed by atoms with Crippen molar-refractivity contribution in [2.75, 3.05) is 6.54 Å². The molecule has 2 fully saturated rings. The van der Waals surface area contributed by atoms with Crippen LogP contribution in [-0.2, 0) is 9.59 Å². The highest BCUT2D eigenvalue weighted by Gasteiger charge is 2.49. The number of amides is 1. The Morgan fingerprint density at radius 3 is 2.55 bits per heavy atom. The molecule has 2 aliphatic rings. The fraction of sp³-hybridized carbons (Fsp3) is 0.500. The van der Waals surface area contributed by atoms with Gasteiger partial charge in [-0.1, -0.05) is 6.07 Å². The Balaban J connectivity index is 1.68. The van der Waals surface area contributed by atoms with E-state index in [1.165, 1.54) is 6.07 Å². The molecule has 1 amide bonds. The molecule has 1 aromatic rings. The third-order valence-electron chi connectivity index (χ3n) is 4.83. The van der Waals surface area contributed by atoms with Crippen LogP contribution >= 0.6 is 0 Å². The molecule has 4 atom stereocenters. The molecule has 0 spiro atoms. The molecule has 0 aromatic heterocycles. The van der Waals surface area contributed by atoms with Crippen molar-refractivity contribution in [1.82, 2.24) is 4.90 Å². The van der Waals surface area contributed by atoms with E-state index in [9.17, 15) is 18.4 Å². The van der Waals surface area contributed by atoms with Crippen molar-refractivity contribution in [3.05, 3.63) is 35.4 Å². The van der Waals surface area contributed by atoms with E-state index in [1.54, 1.807) is 11.8 Å². The number of rotatable bonds is 3. The first kappa shape index (κ1) is 14.9. The zero-order valence-electron chi connectivity index (χ0n) is 12.1. The monoisotopic (exact) mass is 309 g/mol. The van der Waals surface area contributed by atoms with Gasteiger partial charge in [0.25, 0.3) is 0 Å². The van der Waals surface area contributed by atoms with Gasteiger partial charge in [-0.05, 0) is 43.4 Å². The number of carboxylic acids is 1. The Morgan fingerprint density at radius 1 is 1.23 bits per heavy atom. The van der Waals surface area contributed by atoms with Gasteiger partial charge in [0.15, 0.2) is 11.6 Å². The number of benzene rings is 1. The summed E-state index contributed by atoms with van der Waals surface area (Å²) in [5.74, 6) is -3.63. The summed E-state index contributed by atoms with van der Waals surface area (Å²) in [5.41, 5.74) is 0.624. The molecule has 4 nitrogen and oxygen atoms in total. The summed E-state index contributed by atoms with van der Waals surface area (Å²) in [4.78, 5) is 25.2. The van der Waals surface area contributed by atoms with Crippen molar-refractivity contribution in [2.45, 2.75) is 31.7 Å². The first-order chi connectivity index (χ1) is 10.4. The number of carboxylic acid groups (broad SMARTS) is 1. The average molecular weight is 309 g/mol. The number of hydrogen-bond donors (Lipinski definition) is 1. The Labute approximate surface area is 126 Å². The number of hydrogen-bond acceptors (Lipinski definition) is 2. The average Bonchev–Trinajstić information content (AvgIpc) is 3.17. The number of nitrogens with zero attached hydrogens (tertiary/aromatic N) is 1. The maximum Gasteiger partial charge on any atom is 0.308 e. The number of aliphatic carboxylic acids is 1. The van der Waals surface area contributed by atoms with Crippen LogP contribution in [0.2, 0.25) is 0 Å². The third kappa shape index (κ3) is 2.46. The number of halogens is 2. The van der Waals surface area contributed by atoms with Gasteiger partial charge in [-0.25, -0.2) is 8.78 Å². The first-order valence-electron chi connectivity index (χ1n) is 7.38. The summed E-state index contributed by atoms with van der Waals surface area (Å²) >= 11 is 0. The van der Waals surface area contributed by atoms with Crippen molar-refractivity contribution < 1.29 is 23.5 Å². The van der Waals surface area contributed by atoms with Crippen LogP contribution in [0.4, 0.5) is 8.78 Å². The summed E-state index contributed by atoms with van der Waals surface area (Å²) in [7, 11) is 0. The van der Waals surface area contributed by atoms with Gasteiger partial charge in [-0.3, -0.25) is 9.59 Å². The Morgan fingerprint density at radius 2 is 1.95 bits per heavy atom. The zero-order valence-corrected chi connectivity index (χ0v) is 12.1. The van der Waals surface area contributed by atoms with Crippen LogP contribution in [0, 0.1) is 23.5 Å². The number of likely N-dealkylation sites (tertiary alicyclic amines) is 1. The second-order valence-corrected chi connectivity index (χ2v) is 6.13. The molecule has 4 unspecified atom stereocenters. The van der Waals surface area contributed by atoms with Gasteiger partial charge in [0.2, 0.25) is 5.91 Å². The van der Waals surface area contributed by atoms with E-state index in [4.69, 9.17) is 5.11 Å². The van der Waals surface area contributed by atoms with Crippen LogP contribution in [0.15, 0.2) is 18.2 Å². The minimum atomic E-state index is -0.906. The SMILES string of the molecule is CC1C(C(=O)O)CCN1C(=O)C1CC1c1ccc(F)c(F)c1. The lowest BCUT2D eigenvalue weighted by Gasteiger charge is -2.23. The van der Waals surface area contributed by atoms with Crippen LogP contribution in [0.5, 0.6) is 0 Å². The summed E-state index contributed by atoms with van der Waals surface area (Å²) in [6.45, 7) is 2.19. The lowest BCUT2D eigenvalue weighted by molar-refractivity contribution is -0.143. The molecule has 1 saturated heterocycles. The molecule has 1 heterocycles.